The van der Waals surface area contributed by atoms with Gasteiger partial charge in [-0.1, -0.05) is 5.16 Å². The molecule has 0 aliphatic carbocycles. The molecular weight excluding hydrogens is 370 g/mol. The summed E-state index contributed by atoms with van der Waals surface area (Å²) in [6, 6.07) is 13.3. The normalized spacial score (nSPS) is 13.1. The van der Waals surface area contributed by atoms with Gasteiger partial charge in [0.05, 0.1) is 14.2 Å². The molecule has 1 amide bonds. The Bertz CT molecular complexity index is 998. The van der Waals surface area contributed by atoms with Crippen molar-refractivity contribution in [1.29, 1.82) is 0 Å². The molecule has 2 aromatic carbocycles. The Morgan fingerprint density at radius 1 is 1.10 bits per heavy atom. The number of fused-ring (bicyclic) bond motifs is 1. The number of carbonyl (C=O) groups excluding carboxylic acids is 1. The number of amides is 1. The van der Waals surface area contributed by atoms with Crippen LogP contribution < -0.4 is 14.4 Å². The largest absolute Gasteiger partial charge is 0.497 e. The van der Waals surface area contributed by atoms with E-state index in [1.54, 1.807) is 14.2 Å². The summed E-state index contributed by atoms with van der Waals surface area (Å²) in [5, 5.41) is 4.02. The number of methoxy groups -OCH3 is 2. The molecule has 1 aromatic heterocycles. The van der Waals surface area contributed by atoms with Crippen molar-refractivity contribution in [3.05, 3.63) is 53.9 Å². The van der Waals surface area contributed by atoms with Gasteiger partial charge in [0.1, 0.15) is 11.5 Å². The van der Waals surface area contributed by atoms with Crippen LogP contribution in [0.25, 0.3) is 11.4 Å². The number of aromatic nitrogens is 2. The third kappa shape index (κ3) is 4.08. The van der Waals surface area contributed by atoms with Crippen LogP contribution in [0, 0.1) is 0 Å². The molecule has 150 valence electrons. The van der Waals surface area contributed by atoms with Crippen LogP contribution in [-0.4, -0.2) is 36.8 Å². The minimum absolute atomic E-state index is 0.0558. The molecule has 0 spiro atoms. The third-order valence-corrected chi connectivity index (χ3v) is 5.08. The highest BCUT2D eigenvalue weighted by Gasteiger charge is 2.23. The maximum absolute atomic E-state index is 12.8. The van der Waals surface area contributed by atoms with Crippen LogP contribution in [0.5, 0.6) is 11.5 Å². The second kappa shape index (κ2) is 8.34. The van der Waals surface area contributed by atoms with Crippen molar-refractivity contribution in [2.45, 2.75) is 25.7 Å². The van der Waals surface area contributed by atoms with Crippen LogP contribution in [0.1, 0.15) is 24.3 Å². The monoisotopic (exact) mass is 393 g/mol. The highest BCUT2D eigenvalue weighted by Crippen LogP contribution is 2.31. The van der Waals surface area contributed by atoms with Crippen LogP contribution in [0.15, 0.2) is 47.0 Å². The van der Waals surface area contributed by atoms with E-state index in [0.717, 1.165) is 47.7 Å². The molecule has 0 atom stereocenters. The van der Waals surface area contributed by atoms with Crippen molar-refractivity contribution >= 4 is 11.6 Å². The molecule has 1 aliphatic rings. The summed E-state index contributed by atoms with van der Waals surface area (Å²) in [4.78, 5) is 19.1. The van der Waals surface area contributed by atoms with Gasteiger partial charge in [0.2, 0.25) is 17.6 Å². The first kappa shape index (κ1) is 19.0. The Kier molecular flexibility index (Phi) is 5.46. The molecule has 0 N–H and O–H groups in total. The number of rotatable bonds is 6. The van der Waals surface area contributed by atoms with E-state index in [4.69, 9.17) is 14.0 Å². The van der Waals surface area contributed by atoms with Gasteiger partial charge in [0, 0.05) is 30.6 Å². The number of aryl methyl sites for hydroxylation is 2. The molecule has 0 fully saturated rings. The van der Waals surface area contributed by atoms with Crippen molar-refractivity contribution in [3.8, 4) is 22.9 Å². The molecule has 0 saturated carbocycles. The van der Waals surface area contributed by atoms with Gasteiger partial charge in [-0.15, -0.1) is 0 Å². The SMILES string of the molecule is COc1ccc(-c2noc(CCC(=O)N3CCCc4cc(OC)ccc43)n2)cc1. The lowest BCUT2D eigenvalue weighted by Gasteiger charge is -2.29. The average molecular weight is 393 g/mol. The van der Waals surface area contributed by atoms with Crippen LogP contribution >= 0.6 is 0 Å². The number of ether oxygens (including phenoxy) is 2. The first-order valence-electron chi connectivity index (χ1n) is 9.62. The Morgan fingerprint density at radius 2 is 1.86 bits per heavy atom. The van der Waals surface area contributed by atoms with E-state index in [2.05, 4.69) is 10.1 Å². The Balaban J connectivity index is 1.41. The Hall–Kier alpha value is -3.35. The van der Waals surface area contributed by atoms with Gasteiger partial charge in [0.15, 0.2) is 0 Å². The summed E-state index contributed by atoms with van der Waals surface area (Å²) in [5.74, 6) is 2.60. The summed E-state index contributed by atoms with van der Waals surface area (Å²) in [7, 11) is 3.27. The first-order valence-corrected chi connectivity index (χ1v) is 9.62. The van der Waals surface area contributed by atoms with E-state index in [-0.39, 0.29) is 5.91 Å². The van der Waals surface area contributed by atoms with Crippen molar-refractivity contribution in [2.24, 2.45) is 0 Å². The lowest BCUT2D eigenvalue weighted by atomic mass is 10.0. The number of hydrogen-bond acceptors (Lipinski definition) is 6. The van der Waals surface area contributed by atoms with Crippen molar-refractivity contribution in [2.75, 3.05) is 25.7 Å². The standard InChI is InChI=1S/C22H23N3O4/c1-27-17-7-5-15(6-8-17)22-23-20(29-24-22)11-12-21(26)25-13-3-4-16-14-18(28-2)9-10-19(16)25/h5-10,14H,3-4,11-13H2,1-2H3. The molecule has 0 unspecified atom stereocenters. The highest BCUT2D eigenvalue weighted by atomic mass is 16.5. The van der Waals surface area contributed by atoms with Crippen LogP contribution in [-0.2, 0) is 17.6 Å². The van der Waals surface area contributed by atoms with Crippen molar-refractivity contribution < 1.29 is 18.8 Å². The predicted octanol–water partition coefficient (Wildman–Crippen LogP) is 3.67. The fourth-order valence-electron chi connectivity index (χ4n) is 3.52. The molecule has 0 saturated heterocycles. The van der Waals surface area contributed by atoms with E-state index < -0.39 is 0 Å². The maximum Gasteiger partial charge on any atom is 0.227 e. The van der Waals surface area contributed by atoms with E-state index in [1.165, 1.54) is 0 Å². The van der Waals surface area contributed by atoms with Gasteiger partial charge in [-0.25, -0.2) is 0 Å². The molecule has 0 radical (unpaired) electrons. The number of carbonyl (C=O) groups is 1. The van der Waals surface area contributed by atoms with E-state index in [0.29, 0.717) is 24.6 Å². The summed E-state index contributed by atoms with van der Waals surface area (Å²) in [6.07, 6.45) is 2.61. The van der Waals surface area contributed by atoms with Gasteiger partial charge in [-0.3, -0.25) is 4.79 Å². The second-order valence-corrected chi connectivity index (χ2v) is 6.88. The Labute approximate surface area is 169 Å². The molecule has 1 aliphatic heterocycles. The zero-order valence-electron chi connectivity index (χ0n) is 16.6. The minimum Gasteiger partial charge on any atom is -0.497 e. The molecule has 3 aromatic rings. The predicted molar refractivity (Wildman–Crippen MR) is 108 cm³/mol. The second-order valence-electron chi connectivity index (χ2n) is 6.88. The smallest absolute Gasteiger partial charge is 0.227 e. The van der Waals surface area contributed by atoms with Gasteiger partial charge < -0.3 is 18.9 Å². The molecular formula is C22H23N3O4. The van der Waals surface area contributed by atoms with Crippen LogP contribution in [0.3, 0.4) is 0 Å². The minimum atomic E-state index is 0.0558. The summed E-state index contributed by atoms with van der Waals surface area (Å²) in [5.41, 5.74) is 2.95. The number of nitrogens with zero attached hydrogens (tertiary/aromatic N) is 3. The molecule has 7 nitrogen and oxygen atoms in total. The third-order valence-electron chi connectivity index (χ3n) is 5.08. The summed E-state index contributed by atoms with van der Waals surface area (Å²) < 4.78 is 15.8. The van der Waals surface area contributed by atoms with E-state index >= 15 is 0 Å². The first-order chi connectivity index (χ1) is 14.2. The number of benzene rings is 2. The molecule has 0 bridgehead atoms. The lowest BCUT2D eigenvalue weighted by Crippen LogP contribution is -2.35. The van der Waals surface area contributed by atoms with Crippen molar-refractivity contribution in [3.63, 3.8) is 0 Å². The zero-order chi connectivity index (χ0) is 20.2. The molecule has 2 heterocycles. The number of anilines is 1. The van der Waals surface area contributed by atoms with Crippen molar-refractivity contribution in [1.82, 2.24) is 10.1 Å². The molecule has 29 heavy (non-hydrogen) atoms. The summed E-state index contributed by atoms with van der Waals surface area (Å²) in [6.45, 7) is 0.721. The summed E-state index contributed by atoms with van der Waals surface area (Å²) >= 11 is 0. The van der Waals surface area contributed by atoms with E-state index in [9.17, 15) is 4.79 Å². The van der Waals surface area contributed by atoms with Crippen LogP contribution in [0.4, 0.5) is 5.69 Å². The van der Waals surface area contributed by atoms with Gasteiger partial charge in [0.25, 0.3) is 0 Å². The Morgan fingerprint density at radius 3 is 2.62 bits per heavy atom. The fourth-order valence-corrected chi connectivity index (χ4v) is 3.52. The van der Waals surface area contributed by atoms with Gasteiger partial charge >= 0.3 is 0 Å². The zero-order valence-corrected chi connectivity index (χ0v) is 16.6. The topological polar surface area (TPSA) is 77.7 Å². The molecule has 7 heteroatoms. The van der Waals surface area contributed by atoms with Crippen LogP contribution in [0.2, 0.25) is 0 Å². The lowest BCUT2D eigenvalue weighted by molar-refractivity contribution is -0.118. The van der Waals surface area contributed by atoms with Gasteiger partial charge in [-0.2, -0.15) is 4.98 Å². The number of hydrogen-bond donors (Lipinski definition) is 0. The highest BCUT2D eigenvalue weighted by molar-refractivity contribution is 5.94. The quantitative estimate of drug-likeness (QED) is 0.636. The van der Waals surface area contributed by atoms with E-state index in [1.807, 2.05) is 47.4 Å². The van der Waals surface area contributed by atoms with Gasteiger partial charge in [-0.05, 0) is 60.9 Å². The maximum atomic E-state index is 12.8. The molecule has 4 rings (SSSR count). The average Bonchev–Trinajstić information content (AvgIpc) is 3.25. The fraction of sp³-hybridized carbons (Fsp3) is 0.318.